The van der Waals surface area contributed by atoms with Gasteiger partial charge in [-0.05, 0) is 24.3 Å². The monoisotopic (exact) mass is 289 g/mol. The molecule has 1 amide bonds. The second-order valence-corrected chi connectivity index (χ2v) is 4.76. The highest BCUT2D eigenvalue weighted by Crippen LogP contribution is 2.20. The molecule has 0 radical (unpaired) electrons. The Bertz CT molecular complexity index is 730. The van der Waals surface area contributed by atoms with Crippen LogP contribution < -0.4 is 10.4 Å². The number of fused-ring (bicyclic) bond motifs is 1. The van der Waals surface area contributed by atoms with Crippen molar-refractivity contribution in [2.75, 3.05) is 33.4 Å². The number of rotatable bonds is 2. The van der Waals surface area contributed by atoms with Crippen molar-refractivity contribution in [2.45, 2.75) is 0 Å². The molecule has 6 nitrogen and oxygen atoms in total. The van der Waals surface area contributed by atoms with Crippen molar-refractivity contribution < 1.29 is 18.7 Å². The van der Waals surface area contributed by atoms with Crippen molar-refractivity contribution in [1.82, 2.24) is 4.90 Å². The summed E-state index contributed by atoms with van der Waals surface area (Å²) >= 11 is 0. The van der Waals surface area contributed by atoms with E-state index in [9.17, 15) is 9.59 Å². The van der Waals surface area contributed by atoms with Crippen LogP contribution in [0.15, 0.2) is 33.5 Å². The number of carbonyl (C=O) groups is 1. The van der Waals surface area contributed by atoms with E-state index in [1.165, 1.54) is 0 Å². The smallest absolute Gasteiger partial charge is 0.349 e. The van der Waals surface area contributed by atoms with E-state index in [-0.39, 0.29) is 11.5 Å². The van der Waals surface area contributed by atoms with Crippen LogP contribution >= 0.6 is 0 Å². The maximum atomic E-state index is 12.4. The number of ether oxygens (including phenoxy) is 2. The highest BCUT2D eigenvalue weighted by atomic mass is 16.5. The van der Waals surface area contributed by atoms with E-state index in [1.807, 2.05) is 0 Å². The zero-order valence-corrected chi connectivity index (χ0v) is 11.6. The number of morpholine rings is 1. The SMILES string of the molecule is COc1ccc2oc(=O)c(C(=O)N3CCOCC3)cc2c1. The number of benzene rings is 1. The average molecular weight is 289 g/mol. The summed E-state index contributed by atoms with van der Waals surface area (Å²) in [6.07, 6.45) is 0. The minimum atomic E-state index is -0.621. The molecule has 110 valence electrons. The molecule has 0 unspecified atom stereocenters. The Labute approximate surface area is 120 Å². The first-order chi connectivity index (χ1) is 10.2. The highest BCUT2D eigenvalue weighted by molar-refractivity contribution is 5.96. The van der Waals surface area contributed by atoms with Crippen molar-refractivity contribution in [3.8, 4) is 5.75 Å². The van der Waals surface area contributed by atoms with Crippen molar-refractivity contribution in [3.63, 3.8) is 0 Å². The molecule has 21 heavy (non-hydrogen) atoms. The standard InChI is InChI=1S/C15H15NO5/c1-19-11-2-3-13-10(8-11)9-12(15(18)21-13)14(17)16-4-6-20-7-5-16/h2-3,8-9H,4-7H2,1H3. The van der Waals surface area contributed by atoms with Crippen LogP contribution in [0.2, 0.25) is 0 Å². The van der Waals surface area contributed by atoms with Gasteiger partial charge in [0.15, 0.2) is 0 Å². The molecule has 1 aromatic carbocycles. The number of carbonyl (C=O) groups excluding carboxylic acids is 1. The van der Waals surface area contributed by atoms with Gasteiger partial charge in [-0.1, -0.05) is 0 Å². The largest absolute Gasteiger partial charge is 0.497 e. The van der Waals surface area contributed by atoms with E-state index in [0.717, 1.165) is 0 Å². The van der Waals surface area contributed by atoms with E-state index < -0.39 is 5.63 Å². The zero-order chi connectivity index (χ0) is 14.8. The molecule has 2 aromatic rings. The van der Waals surface area contributed by atoms with E-state index in [0.29, 0.717) is 43.0 Å². The molecule has 0 aliphatic carbocycles. The van der Waals surface area contributed by atoms with Crippen LogP contribution in [-0.2, 0) is 4.74 Å². The van der Waals surface area contributed by atoms with Gasteiger partial charge in [0, 0.05) is 18.5 Å². The van der Waals surface area contributed by atoms with Gasteiger partial charge in [-0.25, -0.2) is 4.79 Å². The maximum Gasteiger partial charge on any atom is 0.349 e. The minimum absolute atomic E-state index is 0.0395. The summed E-state index contributed by atoms with van der Waals surface area (Å²) in [5.41, 5.74) is -0.152. The molecule has 6 heteroatoms. The number of amides is 1. The molecule has 0 spiro atoms. The summed E-state index contributed by atoms with van der Waals surface area (Å²) in [6, 6.07) is 6.64. The highest BCUT2D eigenvalue weighted by Gasteiger charge is 2.22. The Morgan fingerprint density at radius 1 is 1.24 bits per heavy atom. The third kappa shape index (κ3) is 2.62. The molecular formula is C15H15NO5. The molecule has 1 aliphatic rings. The van der Waals surface area contributed by atoms with Crippen LogP contribution in [0.4, 0.5) is 0 Å². The van der Waals surface area contributed by atoms with E-state index in [4.69, 9.17) is 13.9 Å². The predicted octanol–water partition coefficient (Wildman–Crippen LogP) is 1.27. The van der Waals surface area contributed by atoms with Crippen molar-refractivity contribution in [2.24, 2.45) is 0 Å². The summed E-state index contributed by atoms with van der Waals surface area (Å²) in [5, 5.41) is 0.658. The number of hydrogen-bond acceptors (Lipinski definition) is 5. The summed E-state index contributed by atoms with van der Waals surface area (Å²) in [6.45, 7) is 1.93. The lowest BCUT2D eigenvalue weighted by molar-refractivity contribution is 0.0300. The third-order valence-corrected chi connectivity index (χ3v) is 3.47. The van der Waals surface area contributed by atoms with Crippen LogP contribution in [0.25, 0.3) is 11.0 Å². The number of hydrogen-bond donors (Lipinski definition) is 0. The summed E-state index contributed by atoms with van der Waals surface area (Å²) in [5.74, 6) is 0.317. The lowest BCUT2D eigenvalue weighted by Gasteiger charge is -2.26. The van der Waals surface area contributed by atoms with Crippen LogP contribution in [0.5, 0.6) is 5.75 Å². The van der Waals surface area contributed by atoms with Crippen LogP contribution in [0.3, 0.4) is 0 Å². The molecule has 1 fully saturated rings. The van der Waals surface area contributed by atoms with Crippen molar-refractivity contribution in [3.05, 3.63) is 40.2 Å². The van der Waals surface area contributed by atoms with Gasteiger partial charge in [0.25, 0.3) is 5.91 Å². The van der Waals surface area contributed by atoms with E-state index >= 15 is 0 Å². The fraction of sp³-hybridized carbons (Fsp3) is 0.333. The van der Waals surface area contributed by atoms with Gasteiger partial charge in [0.1, 0.15) is 16.9 Å². The van der Waals surface area contributed by atoms with Gasteiger partial charge >= 0.3 is 5.63 Å². The third-order valence-electron chi connectivity index (χ3n) is 3.47. The van der Waals surface area contributed by atoms with Gasteiger partial charge in [0.2, 0.25) is 0 Å². The van der Waals surface area contributed by atoms with Gasteiger partial charge in [0.05, 0.1) is 20.3 Å². The molecule has 1 aliphatic heterocycles. The first-order valence-corrected chi connectivity index (χ1v) is 6.68. The molecular weight excluding hydrogens is 274 g/mol. The Kier molecular flexibility index (Phi) is 3.62. The maximum absolute atomic E-state index is 12.4. The molecule has 0 saturated carbocycles. The summed E-state index contributed by atoms with van der Waals surface area (Å²) in [7, 11) is 1.56. The Hall–Kier alpha value is -2.34. The van der Waals surface area contributed by atoms with Gasteiger partial charge in [-0.3, -0.25) is 4.79 Å². The van der Waals surface area contributed by atoms with Gasteiger partial charge in [-0.2, -0.15) is 0 Å². The van der Waals surface area contributed by atoms with Crippen molar-refractivity contribution in [1.29, 1.82) is 0 Å². The molecule has 0 bridgehead atoms. The second kappa shape index (κ2) is 5.57. The first kappa shape index (κ1) is 13.6. The van der Waals surface area contributed by atoms with E-state index in [2.05, 4.69) is 0 Å². The van der Waals surface area contributed by atoms with Gasteiger partial charge in [-0.15, -0.1) is 0 Å². The van der Waals surface area contributed by atoms with Crippen LogP contribution in [0.1, 0.15) is 10.4 Å². The van der Waals surface area contributed by atoms with Gasteiger partial charge < -0.3 is 18.8 Å². The molecule has 2 heterocycles. The molecule has 1 aromatic heterocycles. The average Bonchev–Trinajstić information content (AvgIpc) is 2.54. The fourth-order valence-electron chi connectivity index (χ4n) is 2.31. The van der Waals surface area contributed by atoms with Crippen LogP contribution in [0, 0.1) is 0 Å². The topological polar surface area (TPSA) is 69.0 Å². The Morgan fingerprint density at radius 2 is 2.00 bits per heavy atom. The normalized spacial score (nSPS) is 15.2. The fourth-order valence-corrected chi connectivity index (χ4v) is 2.31. The quantitative estimate of drug-likeness (QED) is 0.779. The second-order valence-electron chi connectivity index (χ2n) is 4.76. The number of nitrogens with zero attached hydrogens (tertiary/aromatic N) is 1. The summed E-state index contributed by atoms with van der Waals surface area (Å²) < 4.78 is 15.6. The Balaban J connectivity index is 2.02. The lowest BCUT2D eigenvalue weighted by atomic mass is 10.1. The molecule has 3 rings (SSSR count). The lowest BCUT2D eigenvalue weighted by Crippen LogP contribution is -2.42. The van der Waals surface area contributed by atoms with E-state index in [1.54, 1.807) is 36.3 Å². The predicted molar refractivity (Wildman–Crippen MR) is 75.8 cm³/mol. The zero-order valence-electron chi connectivity index (χ0n) is 11.6. The minimum Gasteiger partial charge on any atom is -0.497 e. The first-order valence-electron chi connectivity index (χ1n) is 6.68. The molecule has 1 saturated heterocycles. The number of methoxy groups -OCH3 is 1. The van der Waals surface area contributed by atoms with Crippen molar-refractivity contribution >= 4 is 16.9 Å². The summed E-state index contributed by atoms with van der Waals surface area (Å²) in [4.78, 5) is 26.0. The molecule has 0 atom stereocenters. The molecule has 0 N–H and O–H groups in total. The van der Waals surface area contributed by atoms with Crippen LogP contribution in [-0.4, -0.2) is 44.2 Å². The Morgan fingerprint density at radius 3 is 2.71 bits per heavy atom.